The first-order valence-corrected chi connectivity index (χ1v) is 12.4. The predicted molar refractivity (Wildman–Crippen MR) is 116 cm³/mol. The van der Waals surface area contributed by atoms with Crippen molar-refractivity contribution >= 4 is 40.5 Å². The van der Waals surface area contributed by atoms with Gasteiger partial charge in [-0.25, -0.2) is 0 Å². The Morgan fingerprint density at radius 3 is 2.07 bits per heavy atom. The number of thiophene rings is 1. The van der Waals surface area contributed by atoms with Crippen LogP contribution in [-0.4, -0.2) is 28.5 Å². The van der Waals surface area contributed by atoms with Crippen LogP contribution in [0.1, 0.15) is 82.4 Å². The molecule has 27 heavy (non-hydrogen) atoms. The summed E-state index contributed by atoms with van der Waals surface area (Å²) >= 11 is 3.07. The van der Waals surface area contributed by atoms with Crippen LogP contribution in [0, 0.1) is 0 Å². The SMILES string of the molecule is CCSC1=C(c2cccs2)C(=O)N(C2CCCCCCCCCCC2)C1=O. The molecule has 0 unspecified atom stereocenters. The number of imide groups is 1. The molecule has 1 aromatic heterocycles. The van der Waals surface area contributed by atoms with E-state index in [1.165, 1.54) is 56.7 Å². The van der Waals surface area contributed by atoms with Gasteiger partial charge in [-0.2, -0.15) is 0 Å². The Bertz CT molecular complexity index is 654. The highest BCUT2D eigenvalue weighted by Crippen LogP contribution is 2.39. The maximum absolute atomic E-state index is 13.3. The average Bonchev–Trinajstić information content (AvgIpc) is 3.24. The molecule has 148 valence electrons. The minimum Gasteiger partial charge on any atom is -0.271 e. The Morgan fingerprint density at radius 1 is 0.963 bits per heavy atom. The number of nitrogens with zero attached hydrogens (tertiary/aromatic N) is 1. The molecule has 5 heteroatoms. The summed E-state index contributed by atoms with van der Waals surface area (Å²) in [5, 5.41) is 1.98. The van der Waals surface area contributed by atoms with Crippen molar-refractivity contribution in [3.63, 3.8) is 0 Å². The molecule has 1 aromatic rings. The molecule has 0 N–H and O–H groups in total. The van der Waals surface area contributed by atoms with Gasteiger partial charge in [0, 0.05) is 10.9 Å². The molecule has 2 amide bonds. The van der Waals surface area contributed by atoms with Gasteiger partial charge >= 0.3 is 0 Å². The van der Waals surface area contributed by atoms with Crippen LogP contribution in [0.15, 0.2) is 22.4 Å². The van der Waals surface area contributed by atoms with Crippen LogP contribution >= 0.6 is 23.1 Å². The fraction of sp³-hybridized carbons (Fsp3) is 0.636. The summed E-state index contributed by atoms with van der Waals surface area (Å²) in [5.74, 6) is 0.699. The zero-order valence-electron chi connectivity index (χ0n) is 16.4. The zero-order valence-corrected chi connectivity index (χ0v) is 18.0. The number of rotatable bonds is 4. The number of thioether (sulfide) groups is 1. The molecule has 3 rings (SSSR count). The quantitative estimate of drug-likeness (QED) is 0.555. The number of hydrogen-bond acceptors (Lipinski definition) is 4. The van der Waals surface area contributed by atoms with E-state index in [1.54, 1.807) is 16.2 Å². The van der Waals surface area contributed by atoms with E-state index in [0.29, 0.717) is 10.5 Å². The largest absolute Gasteiger partial charge is 0.271 e. The van der Waals surface area contributed by atoms with E-state index >= 15 is 0 Å². The zero-order chi connectivity index (χ0) is 19.1. The molecular weight excluding hydrogens is 374 g/mol. The Hall–Kier alpha value is -1.07. The highest BCUT2D eigenvalue weighted by atomic mass is 32.2. The third-order valence-corrected chi connectivity index (χ3v) is 7.41. The van der Waals surface area contributed by atoms with Crippen LogP contribution in [0.2, 0.25) is 0 Å². The molecule has 0 spiro atoms. The van der Waals surface area contributed by atoms with Crippen LogP contribution in [0.25, 0.3) is 5.57 Å². The Kier molecular flexibility index (Phi) is 8.01. The molecule has 1 aliphatic carbocycles. The summed E-state index contributed by atoms with van der Waals surface area (Å²) in [6, 6.07) is 3.98. The van der Waals surface area contributed by atoms with Gasteiger partial charge in [-0.05, 0) is 30.0 Å². The second-order valence-corrected chi connectivity index (χ2v) is 9.73. The maximum atomic E-state index is 13.3. The van der Waals surface area contributed by atoms with E-state index < -0.39 is 0 Å². The number of carbonyl (C=O) groups is 2. The molecule has 1 aliphatic heterocycles. The standard InChI is InChI=1S/C22H31NO2S2/c1-2-26-20-19(18-15-12-16-27-18)21(24)23(22(20)25)17-13-10-8-6-4-3-5-7-9-11-14-17/h12,15-17H,2-11,13-14H2,1H3. The first-order chi connectivity index (χ1) is 13.2. The third kappa shape index (κ3) is 5.05. The van der Waals surface area contributed by atoms with Crippen LogP contribution in [0.3, 0.4) is 0 Å². The minimum atomic E-state index is -0.0597. The topological polar surface area (TPSA) is 37.4 Å². The van der Waals surface area contributed by atoms with Gasteiger partial charge in [0.25, 0.3) is 11.8 Å². The lowest BCUT2D eigenvalue weighted by atomic mass is 9.97. The van der Waals surface area contributed by atoms with Crippen molar-refractivity contribution < 1.29 is 9.59 Å². The summed E-state index contributed by atoms with van der Waals surface area (Å²) in [6.07, 6.45) is 13.2. The first-order valence-electron chi connectivity index (χ1n) is 10.5. The highest BCUT2D eigenvalue weighted by Gasteiger charge is 2.42. The van der Waals surface area contributed by atoms with Crippen LogP contribution < -0.4 is 0 Å². The summed E-state index contributed by atoms with van der Waals surface area (Å²) in [4.78, 5) is 29.7. The van der Waals surface area contributed by atoms with E-state index in [0.717, 1.165) is 36.3 Å². The van der Waals surface area contributed by atoms with Crippen molar-refractivity contribution in [2.45, 2.75) is 83.6 Å². The Morgan fingerprint density at radius 2 is 1.56 bits per heavy atom. The smallest absolute Gasteiger partial charge is 0.268 e. The van der Waals surface area contributed by atoms with Crippen molar-refractivity contribution in [2.75, 3.05) is 5.75 Å². The molecule has 1 saturated carbocycles. The lowest BCUT2D eigenvalue weighted by Gasteiger charge is -2.27. The van der Waals surface area contributed by atoms with Crippen molar-refractivity contribution in [3.8, 4) is 0 Å². The van der Waals surface area contributed by atoms with Gasteiger partial charge in [-0.3, -0.25) is 14.5 Å². The molecule has 0 bridgehead atoms. The van der Waals surface area contributed by atoms with Gasteiger partial charge in [0.15, 0.2) is 0 Å². The molecule has 0 aromatic carbocycles. The number of carbonyl (C=O) groups excluding carboxylic acids is 2. The lowest BCUT2D eigenvalue weighted by Crippen LogP contribution is -2.41. The molecule has 2 aliphatic rings. The van der Waals surface area contributed by atoms with Crippen molar-refractivity contribution in [3.05, 3.63) is 27.3 Å². The van der Waals surface area contributed by atoms with Gasteiger partial charge in [0.1, 0.15) is 0 Å². The number of amides is 2. The van der Waals surface area contributed by atoms with Crippen molar-refractivity contribution in [2.24, 2.45) is 0 Å². The fourth-order valence-electron chi connectivity index (χ4n) is 4.17. The minimum absolute atomic E-state index is 0.0488. The van der Waals surface area contributed by atoms with Crippen LogP contribution in [-0.2, 0) is 9.59 Å². The summed E-state index contributed by atoms with van der Waals surface area (Å²) < 4.78 is 0. The average molecular weight is 406 g/mol. The summed E-state index contributed by atoms with van der Waals surface area (Å²) in [6.45, 7) is 2.04. The van der Waals surface area contributed by atoms with Crippen LogP contribution in [0.4, 0.5) is 0 Å². The lowest BCUT2D eigenvalue weighted by molar-refractivity contribution is -0.139. The van der Waals surface area contributed by atoms with Gasteiger partial charge in [0.05, 0.1) is 10.5 Å². The van der Waals surface area contributed by atoms with E-state index in [2.05, 4.69) is 0 Å². The summed E-state index contributed by atoms with van der Waals surface area (Å²) in [7, 11) is 0. The number of hydrogen-bond donors (Lipinski definition) is 0. The molecule has 0 radical (unpaired) electrons. The molecule has 0 saturated heterocycles. The van der Waals surface area contributed by atoms with E-state index in [4.69, 9.17) is 0 Å². The van der Waals surface area contributed by atoms with Crippen molar-refractivity contribution in [1.82, 2.24) is 4.90 Å². The third-order valence-electron chi connectivity index (χ3n) is 5.57. The van der Waals surface area contributed by atoms with E-state index in [9.17, 15) is 9.59 Å². The highest BCUT2D eigenvalue weighted by molar-refractivity contribution is 8.04. The first kappa shape index (κ1) is 20.7. The Balaban J connectivity index is 1.79. The van der Waals surface area contributed by atoms with Gasteiger partial charge < -0.3 is 0 Å². The second-order valence-electron chi connectivity index (χ2n) is 7.51. The van der Waals surface area contributed by atoms with E-state index in [-0.39, 0.29) is 17.9 Å². The molecule has 2 heterocycles. The van der Waals surface area contributed by atoms with Crippen molar-refractivity contribution in [1.29, 1.82) is 0 Å². The van der Waals surface area contributed by atoms with Gasteiger partial charge in [-0.15, -0.1) is 23.1 Å². The normalized spacial score (nSPS) is 21.4. The molecular formula is C22H31NO2S2. The van der Waals surface area contributed by atoms with Gasteiger partial charge in [-0.1, -0.05) is 70.8 Å². The van der Waals surface area contributed by atoms with E-state index in [1.807, 2.05) is 24.4 Å². The fourth-order valence-corrected chi connectivity index (χ4v) is 5.86. The second kappa shape index (κ2) is 10.5. The molecule has 1 fully saturated rings. The molecule has 0 atom stereocenters. The monoisotopic (exact) mass is 405 g/mol. The van der Waals surface area contributed by atoms with Gasteiger partial charge in [0.2, 0.25) is 0 Å². The Labute approximate surface area is 171 Å². The summed E-state index contributed by atoms with van der Waals surface area (Å²) in [5.41, 5.74) is 0.646. The predicted octanol–water partition coefficient (Wildman–Crippen LogP) is 6.25. The maximum Gasteiger partial charge on any atom is 0.268 e. The molecule has 3 nitrogen and oxygen atoms in total. The van der Waals surface area contributed by atoms with Crippen LogP contribution in [0.5, 0.6) is 0 Å².